The molecule has 7 aromatic carbocycles. The van der Waals surface area contributed by atoms with Gasteiger partial charge in [-0.3, -0.25) is 0 Å². The third-order valence-corrected chi connectivity index (χ3v) is 22.2. The summed E-state index contributed by atoms with van der Waals surface area (Å²) in [5.74, 6) is 0.404. The van der Waals surface area contributed by atoms with Gasteiger partial charge in [-0.25, -0.2) is 14.4 Å². The van der Waals surface area contributed by atoms with Gasteiger partial charge in [-0.05, 0) is 183 Å². The van der Waals surface area contributed by atoms with E-state index in [1.165, 1.54) is 0 Å². The first-order chi connectivity index (χ1) is 42.3. The third kappa shape index (κ3) is 8.35. The van der Waals surface area contributed by atoms with Gasteiger partial charge < -0.3 is 60.3 Å². The lowest BCUT2D eigenvalue weighted by Crippen LogP contribution is -2.75. The van der Waals surface area contributed by atoms with Gasteiger partial charge in [0.1, 0.15) is 16.6 Å². The highest BCUT2D eigenvalue weighted by molar-refractivity contribution is 6.27. The molecule has 3 heterocycles. The van der Waals surface area contributed by atoms with Crippen LogP contribution >= 0.6 is 0 Å². The van der Waals surface area contributed by atoms with E-state index in [9.17, 15) is 14.4 Å². The highest BCUT2D eigenvalue weighted by Gasteiger charge is 2.70. The monoisotopic (exact) mass is 1170 g/mol. The van der Waals surface area contributed by atoms with Gasteiger partial charge in [-0.2, -0.15) is 0 Å². The molecule has 0 aromatic heterocycles. The van der Waals surface area contributed by atoms with E-state index >= 15 is 0 Å². The summed E-state index contributed by atoms with van der Waals surface area (Å²) in [6.07, 6.45) is 15.4. The van der Waals surface area contributed by atoms with E-state index in [-0.39, 0.29) is 54.0 Å². The Morgan fingerprint density at radius 2 is 0.552 bits per heavy atom. The number of ether oxygens (including phenoxy) is 6. The average molecular weight is 1170 g/mol. The molecular formula is C72H78N6O9. The Balaban J connectivity index is 0.808. The number of fused-ring (bicyclic) bond motifs is 9. The molecule has 0 saturated heterocycles. The molecule has 16 rings (SSSR count). The second kappa shape index (κ2) is 20.2. The molecule has 3 atom stereocenters. The fourth-order valence-electron chi connectivity index (χ4n) is 18.2. The van der Waals surface area contributed by atoms with Crippen molar-refractivity contribution in [2.75, 3.05) is 0 Å². The predicted molar refractivity (Wildman–Crippen MR) is 332 cm³/mol. The van der Waals surface area contributed by atoms with Gasteiger partial charge >= 0.3 is 18.1 Å². The number of hydrogen-bond acceptors (Lipinski definition) is 9. The molecule has 0 radical (unpaired) electrons. The van der Waals surface area contributed by atoms with Crippen LogP contribution in [0, 0.1) is 17.8 Å². The van der Waals surface area contributed by atoms with Crippen LogP contribution in [0.15, 0.2) is 127 Å². The largest absolute Gasteiger partial charge is 0.446 e. The Labute approximate surface area is 507 Å². The number of amides is 6. The molecule has 15 heteroatoms. The molecule has 6 fully saturated rings. The summed E-state index contributed by atoms with van der Waals surface area (Å²) in [4.78, 5) is 43.0. The molecule has 6 amide bonds. The number of hydrogen-bond donors (Lipinski definition) is 6. The van der Waals surface area contributed by atoms with Crippen molar-refractivity contribution < 1.29 is 42.8 Å². The minimum Gasteiger partial charge on any atom is -0.446 e. The second-order valence-corrected chi connectivity index (χ2v) is 27.0. The highest BCUT2D eigenvalue weighted by atomic mass is 16.8. The molecule has 7 aromatic rings. The van der Waals surface area contributed by atoms with E-state index in [2.05, 4.69) is 68.3 Å². The van der Waals surface area contributed by atoms with Gasteiger partial charge in [-0.15, -0.1) is 0 Å². The van der Waals surface area contributed by atoms with E-state index in [0.29, 0.717) is 73.0 Å². The van der Waals surface area contributed by atoms with Crippen LogP contribution in [0.5, 0.6) is 34.5 Å². The Morgan fingerprint density at radius 3 is 0.759 bits per heavy atom. The van der Waals surface area contributed by atoms with Crippen molar-refractivity contribution >= 4 is 50.4 Å². The normalized spacial score (nSPS) is 31.3. The summed E-state index contributed by atoms with van der Waals surface area (Å²) in [6.45, 7) is 6.03. The van der Waals surface area contributed by atoms with Gasteiger partial charge in [0, 0.05) is 17.8 Å². The van der Waals surface area contributed by atoms with Gasteiger partial charge in [0.15, 0.2) is 34.5 Å². The molecule has 450 valence electrons. The van der Waals surface area contributed by atoms with Crippen LogP contribution in [0.4, 0.5) is 14.4 Å². The van der Waals surface area contributed by atoms with Crippen molar-refractivity contribution in [3.05, 3.63) is 144 Å². The number of benzene rings is 7. The van der Waals surface area contributed by atoms with Crippen LogP contribution in [0.2, 0.25) is 0 Å². The smallest absolute Gasteiger partial charge is 0.315 e. The zero-order valence-corrected chi connectivity index (χ0v) is 50.0. The lowest BCUT2D eigenvalue weighted by atomic mass is 9.62. The molecule has 9 aliphatic rings. The molecule has 6 aliphatic carbocycles. The summed E-state index contributed by atoms with van der Waals surface area (Å²) in [6, 6.07) is 41.5. The zero-order chi connectivity index (χ0) is 58.9. The topological polar surface area (TPSA) is 179 Å². The Morgan fingerprint density at radius 1 is 0.345 bits per heavy atom. The van der Waals surface area contributed by atoms with Crippen molar-refractivity contribution in [2.45, 2.75) is 188 Å². The third-order valence-electron chi connectivity index (χ3n) is 22.2. The molecule has 3 unspecified atom stereocenters. The number of nitrogens with one attached hydrogen (secondary N) is 6. The number of urea groups is 3. The van der Waals surface area contributed by atoms with E-state index in [4.69, 9.17) is 28.4 Å². The summed E-state index contributed by atoms with van der Waals surface area (Å²) in [5, 5.41) is 25.9. The number of carbonyl (C=O) groups excluding carboxylic acids is 3. The summed E-state index contributed by atoms with van der Waals surface area (Å²) in [5.41, 5.74) is 0.661. The van der Waals surface area contributed by atoms with Crippen molar-refractivity contribution in [2.24, 2.45) is 17.8 Å². The molecule has 6 N–H and O–H groups in total. The lowest BCUT2D eigenvalue weighted by Gasteiger charge is -2.56. The zero-order valence-electron chi connectivity index (χ0n) is 50.0. The summed E-state index contributed by atoms with van der Waals surface area (Å²) >= 11 is 0. The molecule has 6 saturated carbocycles. The Hall–Kier alpha value is -8.07. The fourth-order valence-corrected chi connectivity index (χ4v) is 18.2. The molecule has 3 aliphatic heterocycles. The number of carbonyl (C=O) groups is 3. The van der Waals surface area contributed by atoms with Crippen LogP contribution < -0.4 is 60.3 Å². The maximum atomic E-state index is 14.3. The van der Waals surface area contributed by atoms with Crippen LogP contribution in [-0.2, 0) is 0 Å². The van der Waals surface area contributed by atoms with E-state index < -0.39 is 34.0 Å². The van der Waals surface area contributed by atoms with Gasteiger partial charge in [-0.1, -0.05) is 130 Å². The summed E-state index contributed by atoms with van der Waals surface area (Å²) < 4.78 is 44.6. The molecule has 6 bridgehead atoms. The predicted octanol–water partition coefficient (Wildman–Crippen LogP) is 14.9. The van der Waals surface area contributed by atoms with Crippen molar-refractivity contribution in [1.82, 2.24) is 31.9 Å². The van der Waals surface area contributed by atoms with Gasteiger partial charge in [0.05, 0.1) is 18.1 Å². The van der Waals surface area contributed by atoms with Crippen LogP contribution in [-0.4, -0.2) is 52.1 Å². The van der Waals surface area contributed by atoms with E-state index in [1.54, 1.807) is 0 Å². The first-order valence-electron chi connectivity index (χ1n) is 32.4. The standard InChI is InChI=1S/C72H78N6O9/c1-43(46-19-7-4-8-20-46)73-64(79)76-67-31-13-25-49(26-14-32-67)70(67)82-58-37-52-53(38-59(58)83-70)55-40-61-63(87-72(85-61)51-29-17-35-69(72,36-18-30-51)78-66(81)75-45(3)48-23-11-6-12-24-48)42-57(55)56-41-62-60(39-54(52)56)84-71(86-62)50-27-15-33-68(71,34-16-28-50)77-65(80)74-44(2)47-21-9-5-10-22-47/h4-12,19-24,37-45,49-51H,13-18,25-36H2,1-3H3,(H2,73,76,79)(H2,74,77,80)(H2,75,78,81). The van der Waals surface area contributed by atoms with Crippen LogP contribution in [0.3, 0.4) is 0 Å². The Kier molecular flexibility index (Phi) is 12.6. The van der Waals surface area contributed by atoms with Crippen molar-refractivity contribution in [1.29, 1.82) is 0 Å². The average Bonchev–Trinajstić information content (AvgIpc) is 1.60. The molecule has 87 heavy (non-hydrogen) atoms. The lowest BCUT2D eigenvalue weighted by molar-refractivity contribution is -0.222. The number of rotatable bonds is 9. The second-order valence-electron chi connectivity index (χ2n) is 27.0. The first-order valence-corrected chi connectivity index (χ1v) is 32.4. The maximum Gasteiger partial charge on any atom is 0.315 e. The minimum atomic E-state index is -1.15. The SMILES string of the molecule is CC(NC(=O)NC12CCCC(CCC1)C21Oc2cc3c4cc5c(cc4c4cc6c(cc4c3cc2O1)OC1(O6)C2CCCC1(NC(=O)NC(C)c1ccccc1)CCC2)OC1(O5)C2CCCC1(NC(=O)NC(C)c1ccccc1)CCC2)c1ccccc1. The summed E-state index contributed by atoms with van der Waals surface area (Å²) in [7, 11) is 0. The van der Waals surface area contributed by atoms with E-state index in [1.807, 2.05) is 112 Å². The van der Waals surface area contributed by atoms with Gasteiger partial charge in [0.2, 0.25) is 0 Å². The van der Waals surface area contributed by atoms with Gasteiger partial charge in [0.25, 0.3) is 17.4 Å². The van der Waals surface area contributed by atoms with Crippen molar-refractivity contribution in [3.8, 4) is 34.5 Å². The molecule has 15 nitrogen and oxygen atoms in total. The minimum absolute atomic E-state index is 0.0323. The van der Waals surface area contributed by atoms with E-state index in [0.717, 1.165) is 126 Å². The molecular weight excluding hydrogens is 1090 g/mol. The Bertz CT molecular complexity index is 3340. The highest BCUT2D eigenvalue weighted by Crippen LogP contribution is 2.63. The molecule has 3 spiro atoms. The van der Waals surface area contributed by atoms with Crippen molar-refractivity contribution in [3.63, 3.8) is 0 Å². The quantitative estimate of drug-likeness (QED) is 0.0768. The van der Waals surface area contributed by atoms with Crippen LogP contribution in [0.1, 0.15) is 171 Å². The first kappa shape index (κ1) is 54.3. The van der Waals surface area contributed by atoms with Crippen LogP contribution in [0.25, 0.3) is 32.3 Å². The maximum absolute atomic E-state index is 14.3. The fraction of sp³-hybridized carbons (Fsp3) is 0.458.